The quantitative estimate of drug-likeness (QED) is 0.294. The van der Waals surface area contributed by atoms with Crippen LogP contribution >= 0.6 is 0 Å². The van der Waals surface area contributed by atoms with Gasteiger partial charge in [-0.15, -0.1) is 0 Å². The van der Waals surface area contributed by atoms with Gasteiger partial charge >= 0.3 is 18.0 Å². The van der Waals surface area contributed by atoms with E-state index in [1.165, 1.54) is 13.3 Å². The van der Waals surface area contributed by atoms with Gasteiger partial charge in [0.1, 0.15) is 18.6 Å². The Morgan fingerprint density at radius 3 is 2.72 bits per heavy atom. The van der Waals surface area contributed by atoms with Gasteiger partial charge in [-0.1, -0.05) is 19.9 Å². The lowest BCUT2D eigenvalue weighted by molar-refractivity contribution is -0.149. The molecule has 4 rings (SSSR count). The fraction of sp³-hybridized carbons (Fsp3) is 0.480. The van der Waals surface area contributed by atoms with Crippen molar-refractivity contribution < 1.29 is 28.2 Å². The fourth-order valence-corrected chi connectivity index (χ4v) is 4.85. The zero-order chi connectivity index (χ0) is 26.2. The number of halogens is 1. The molecular formula is C25H30FN5O5. The number of esters is 2. The topological polar surface area (TPSA) is 131 Å². The van der Waals surface area contributed by atoms with Crippen LogP contribution < -0.4 is 10.5 Å². The Balaban J connectivity index is 1.39. The van der Waals surface area contributed by atoms with E-state index in [1.807, 2.05) is 33.8 Å². The van der Waals surface area contributed by atoms with Crippen molar-refractivity contribution in [1.29, 1.82) is 0 Å². The highest BCUT2D eigenvalue weighted by atomic mass is 19.1. The number of benzene rings is 1. The minimum absolute atomic E-state index is 0.0389. The second-order valence-electron chi connectivity index (χ2n) is 9.78. The largest absolute Gasteiger partial charge is 0.463 e. The van der Waals surface area contributed by atoms with Gasteiger partial charge in [0.25, 0.3) is 0 Å². The Morgan fingerprint density at radius 2 is 2.00 bits per heavy atom. The van der Waals surface area contributed by atoms with Gasteiger partial charge in [0.2, 0.25) is 0 Å². The van der Waals surface area contributed by atoms with E-state index in [4.69, 9.17) is 19.9 Å². The van der Waals surface area contributed by atoms with E-state index in [-0.39, 0.29) is 30.6 Å². The smallest absolute Gasteiger partial charge is 0.312 e. The number of ether oxygens (including phenoxy) is 3. The van der Waals surface area contributed by atoms with Gasteiger partial charge in [-0.05, 0) is 43.9 Å². The van der Waals surface area contributed by atoms with E-state index >= 15 is 0 Å². The van der Waals surface area contributed by atoms with Crippen molar-refractivity contribution in [3.05, 3.63) is 41.2 Å². The molecule has 1 aliphatic heterocycles. The maximum atomic E-state index is 13.7. The van der Waals surface area contributed by atoms with Crippen LogP contribution in [0.2, 0.25) is 0 Å². The summed E-state index contributed by atoms with van der Waals surface area (Å²) in [6, 6.07) is 3.79. The molecule has 0 amide bonds. The highest BCUT2D eigenvalue weighted by molar-refractivity contribution is 5.81. The average molecular weight is 500 g/mol. The molecule has 0 spiro atoms. The number of rotatable bonds is 7. The Labute approximate surface area is 208 Å². The number of aromatic nitrogens is 4. The number of carbonyl (C=O) groups is 2. The molecule has 0 aliphatic carbocycles. The number of carbonyl (C=O) groups excluding carboxylic acids is 2. The lowest BCUT2D eigenvalue weighted by atomic mass is 9.78. The van der Waals surface area contributed by atoms with Crippen molar-refractivity contribution in [1.82, 2.24) is 19.5 Å². The Kier molecular flexibility index (Phi) is 6.94. The highest BCUT2D eigenvalue weighted by Crippen LogP contribution is 2.38. The first-order chi connectivity index (χ1) is 16.9. The van der Waals surface area contributed by atoms with E-state index in [0.717, 1.165) is 16.7 Å². The van der Waals surface area contributed by atoms with Crippen LogP contribution in [0.5, 0.6) is 5.75 Å². The molecule has 3 aromatic rings. The zero-order valence-corrected chi connectivity index (χ0v) is 21.0. The van der Waals surface area contributed by atoms with Crippen LogP contribution in [-0.2, 0) is 24.5 Å². The van der Waals surface area contributed by atoms with E-state index in [9.17, 15) is 14.0 Å². The Hall–Kier alpha value is -3.60. The monoisotopic (exact) mass is 499 g/mol. The van der Waals surface area contributed by atoms with Gasteiger partial charge in [-0.3, -0.25) is 14.2 Å². The summed E-state index contributed by atoms with van der Waals surface area (Å²) in [6.45, 7) is 9.11. The molecule has 10 nitrogen and oxygen atoms in total. The molecule has 36 heavy (non-hydrogen) atoms. The summed E-state index contributed by atoms with van der Waals surface area (Å²) in [5.74, 6) is -0.400. The third-order valence-electron chi connectivity index (χ3n) is 6.21. The molecule has 3 heterocycles. The van der Waals surface area contributed by atoms with E-state index in [0.29, 0.717) is 24.1 Å². The first kappa shape index (κ1) is 25.5. The van der Waals surface area contributed by atoms with Crippen molar-refractivity contribution in [2.75, 3.05) is 12.3 Å². The summed E-state index contributed by atoms with van der Waals surface area (Å²) < 4.78 is 32.3. The Morgan fingerprint density at radius 1 is 1.25 bits per heavy atom. The second kappa shape index (κ2) is 9.81. The first-order valence-electron chi connectivity index (χ1n) is 11.7. The van der Waals surface area contributed by atoms with Crippen molar-refractivity contribution in [3.8, 4) is 5.75 Å². The summed E-state index contributed by atoms with van der Waals surface area (Å²) >= 11 is 0. The number of nitrogen functional groups attached to an aromatic ring is 1. The molecule has 11 heteroatoms. The molecule has 1 saturated heterocycles. The van der Waals surface area contributed by atoms with Crippen molar-refractivity contribution in [2.24, 2.45) is 0 Å². The number of imidazole rings is 1. The molecule has 0 unspecified atom stereocenters. The highest BCUT2D eigenvalue weighted by Gasteiger charge is 2.33. The van der Waals surface area contributed by atoms with Crippen LogP contribution in [0.3, 0.4) is 0 Å². The molecule has 0 bridgehead atoms. The minimum atomic E-state index is -0.937. The number of nitrogens with two attached hydrogens (primary N) is 1. The van der Waals surface area contributed by atoms with Gasteiger partial charge < -0.3 is 19.9 Å². The normalized spacial score (nSPS) is 17.9. The molecular weight excluding hydrogens is 469 g/mol. The van der Waals surface area contributed by atoms with Gasteiger partial charge in [0.15, 0.2) is 17.0 Å². The van der Waals surface area contributed by atoms with Crippen molar-refractivity contribution in [2.45, 2.75) is 71.6 Å². The van der Waals surface area contributed by atoms with Crippen LogP contribution in [0.25, 0.3) is 11.2 Å². The second-order valence-corrected chi connectivity index (χ2v) is 9.78. The lowest BCUT2D eigenvalue weighted by Crippen LogP contribution is -2.27. The number of aryl methyl sites for hydroxylation is 2. The predicted octanol–water partition coefficient (Wildman–Crippen LogP) is 3.68. The third-order valence-corrected chi connectivity index (χ3v) is 6.21. The van der Waals surface area contributed by atoms with Crippen LogP contribution in [0, 0.1) is 19.9 Å². The van der Waals surface area contributed by atoms with Gasteiger partial charge in [0.05, 0.1) is 18.9 Å². The molecule has 2 atom stereocenters. The van der Waals surface area contributed by atoms with Crippen molar-refractivity contribution in [3.63, 3.8) is 0 Å². The van der Waals surface area contributed by atoms with Gasteiger partial charge in [-0.25, -0.2) is 4.98 Å². The van der Waals surface area contributed by atoms with Crippen LogP contribution in [0.4, 0.5) is 10.2 Å². The minimum Gasteiger partial charge on any atom is -0.463 e. The van der Waals surface area contributed by atoms with Gasteiger partial charge in [-0.2, -0.15) is 14.4 Å². The van der Waals surface area contributed by atoms with E-state index in [1.54, 1.807) is 10.6 Å². The molecule has 0 radical (unpaired) electrons. The SMILES string of the molecule is CC(=O)Oc1cc(C)cc(C)c1C(C)(C)CC(=O)OC[C@@H]1CC[C@H](n2cnc3c(N)nc(F)nc32)O1. The van der Waals surface area contributed by atoms with Crippen molar-refractivity contribution >= 4 is 28.9 Å². The number of nitrogens with zero attached hydrogens (tertiary/aromatic N) is 4. The number of anilines is 1. The molecule has 192 valence electrons. The lowest BCUT2D eigenvalue weighted by Gasteiger charge is -2.28. The molecule has 1 fully saturated rings. The van der Waals surface area contributed by atoms with Crippen LogP contribution in [0.1, 0.15) is 63.0 Å². The Bertz CT molecular complexity index is 1320. The van der Waals surface area contributed by atoms with E-state index in [2.05, 4.69) is 15.0 Å². The maximum Gasteiger partial charge on any atom is 0.312 e. The zero-order valence-electron chi connectivity index (χ0n) is 21.0. The third kappa shape index (κ3) is 5.30. The van der Waals surface area contributed by atoms with Gasteiger partial charge in [0, 0.05) is 17.9 Å². The number of hydrogen-bond acceptors (Lipinski definition) is 9. The predicted molar refractivity (Wildman–Crippen MR) is 129 cm³/mol. The molecule has 0 saturated carbocycles. The summed E-state index contributed by atoms with van der Waals surface area (Å²) in [5, 5.41) is 0. The summed E-state index contributed by atoms with van der Waals surface area (Å²) in [6.07, 6.45) is 1.11. The van der Waals surface area contributed by atoms with Crippen LogP contribution in [0.15, 0.2) is 18.5 Å². The standard InChI is InChI=1S/C25H30FN5O5/c1-13-8-14(2)20(17(9-13)35-15(3)32)25(4,5)10-19(33)34-11-16-6-7-18(36-16)31-12-28-21-22(27)29-24(26)30-23(21)31/h8-9,12,16,18H,6-7,10-11H2,1-5H3,(H2,27,29,30)/t16-,18+/m0/s1. The number of fused-ring (bicyclic) bond motifs is 1. The molecule has 1 aromatic carbocycles. The first-order valence-corrected chi connectivity index (χ1v) is 11.7. The summed E-state index contributed by atoms with van der Waals surface area (Å²) in [7, 11) is 0. The van der Waals surface area contributed by atoms with Crippen LogP contribution in [-0.4, -0.2) is 44.2 Å². The fourth-order valence-electron chi connectivity index (χ4n) is 4.85. The number of hydrogen-bond donors (Lipinski definition) is 1. The molecule has 2 N–H and O–H groups in total. The summed E-state index contributed by atoms with van der Waals surface area (Å²) in [4.78, 5) is 35.9. The average Bonchev–Trinajstić information content (AvgIpc) is 3.37. The molecule has 2 aromatic heterocycles. The summed E-state index contributed by atoms with van der Waals surface area (Å²) in [5.41, 5.74) is 8.32. The molecule has 1 aliphatic rings. The van der Waals surface area contributed by atoms with E-state index < -0.39 is 29.7 Å². The maximum absolute atomic E-state index is 13.7.